The van der Waals surface area contributed by atoms with Crippen LogP contribution in [-0.2, 0) is 23.0 Å². The Balaban J connectivity index is 1.46. The van der Waals surface area contributed by atoms with Crippen LogP contribution in [0, 0.1) is 30.6 Å². The number of hydrogen-bond acceptors (Lipinski definition) is 9. The molecule has 0 saturated carbocycles. The Kier molecular flexibility index (Phi) is 10.6. The lowest BCUT2D eigenvalue weighted by Crippen LogP contribution is -2.45. The highest BCUT2D eigenvalue weighted by Crippen LogP contribution is 2.36. The van der Waals surface area contributed by atoms with Crippen LogP contribution in [0.1, 0.15) is 94.2 Å². The topological polar surface area (TPSA) is 131 Å². The van der Waals surface area contributed by atoms with Crippen LogP contribution in [0.2, 0.25) is 0 Å². The van der Waals surface area contributed by atoms with Crippen molar-refractivity contribution >= 4 is 27.6 Å². The molecule has 2 aliphatic heterocycles. The van der Waals surface area contributed by atoms with Gasteiger partial charge in [0.1, 0.15) is 12.4 Å². The predicted molar refractivity (Wildman–Crippen MR) is 209 cm³/mol. The maximum atomic E-state index is 14.6. The van der Waals surface area contributed by atoms with E-state index in [4.69, 9.17) is 19.7 Å². The molecular weight excluding hydrogens is 687 g/mol. The molecule has 6 rings (SSSR count). The number of carbonyl (C=O) groups is 1. The molecule has 1 N–H and O–H groups in total. The Labute approximate surface area is 314 Å². The number of amides is 1. The van der Waals surface area contributed by atoms with Crippen molar-refractivity contribution < 1.29 is 17.9 Å². The van der Waals surface area contributed by atoms with Gasteiger partial charge in [0.05, 0.1) is 41.3 Å². The molecule has 0 aliphatic carbocycles. The van der Waals surface area contributed by atoms with Crippen LogP contribution in [0.25, 0.3) is 11.3 Å². The zero-order chi connectivity index (χ0) is 38.3. The number of carbonyl (C=O) groups excluding carboxylic acids is 1. The van der Waals surface area contributed by atoms with Gasteiger partial charge in [-0.15, -0.1) is 0 Å². The molecule has 2 aromatic heterocycles. The van der Waals surface area contributed by atoms with Gasteiger partial charge in [-0.05, 0) is 79.2 Å². The summed E-state index contributed by atoms with van der Waals surface area (Å²) in [5, 5.41) is 0. The number of hydrogen-bond donors (Lipinski definition) is 1. The smallest absolute Gasteiger partial charge is 0.264 e. The normalized spacial score (nSPS) is 18.5. The summed E-state index contributed by atoms with van der Waals surface area (Å²) < 4.78 is 37.0. The number of aryl methyl sites for hydroxylation is 1. The maximum Gasteiger partial charge on any atom is 0.264 e. The summed E-state index contributed by atoms with van der Waals surface area (Å²) in [6.07, 6.45) is 6.14. The Morgan fingerprint density at radius 1 is 1.04 bits per heavy atom. The number of fused-ring (bicyclic) bond motifs is 4. The van der Waals surface area contributed by atoms with Crippen LogP contribution < -0.4 is 14.4 Å². The van der Waals surface area contributed by atoms with Gasteiger partial charge < -0.3 is 14.5 Å². The molecule has 1 saturated heterocycles. The molecule has 0 spiro atoms. The lowest BCUT2D eigenvalue weighted by atomic mass is 9.87. The van der Waals surface area contributed by atoms with Crippen molar-refractivity contribution in [3.63, 3.8) is 0 Å². The second-order valence-electron chi connectivity index (χ2n) is 17.0. The molecule has 4 aromatic rings. The second kappa shape index (κ2) is 14.7. The zero-order valence-corrected chi connectivity index (χ0v) is 33.3. The number of nitrogens with zero attached hydrogens (tertiary/aromatic N) is 6. The van der Waals surface area contributed by atoms with Crippen LogP contribution >= 0.6 is 0 Å². The molecule has 2 aromatic carbocycles. The fraction of sp³-hybridized carbons (Fsp3) is 0.488. The maximum absolute atomic E-state index is 14.6. The van der Waals surface area contributed by atoms with E-state index >= 15 is 0 Å². The first-order chi connectivity index (χ1) is 24.9. The van der Waals surface area contributed by atoms with Gasteiger partial charge in [0.2, 0.25) is 11.8 Å². The fourth-order valence-electron chi connectivity index (χ4n) is 7.33. The van der Waals surface area contributed by atoms with Crippen molar-refractivity contribution in [1.82, 2.24) is 24.8 Å². The summed E-state index contributed by atoms with van der Waals surface area (Å²) in [5.41, 5.74) is 5.52. The van der Waals surface area contributed by atoms with Gasteiger partial charge in [0.15, 0.2) is 0 Å². The van der Waals surface area contributed by atoms with Gasteiger partial charge in [-0.1, -0.05) is 72.7 Å². The van der Waals surface area contributed by atoms with Crippen molar-refractivity contribution in [2.24, 2.45) is 16.7 Å². The molecule has 2 aliphatic rings. The van der Waals surface area contributed by atoms with E-state index in [1.165, 1.54) is 12.1 Å². The largest absolute Gasteiger partial charge is 0.475 e. The SMILES string of the molecule is Cc1cccc(CC(C)C)c1-c1nc2nc(c1C)OC[C@@H](CC(C)(C)C)N(Cc1ncc(N3CCC(C)(C)C3)cn1)C(=O)c1cccc(c1)S(=O)(=O)N2. The number of ether oxygens (including phenoxy) is 1. The number of sulfonamides is 1. The molecule has 0 unspecified atom stereocenters. The first-order valence-electron chi connectivity index (χ1n) is 18.5. The molecule has 0 radical (unpaired) electrons. The van der Waals surface area contributed by atoms with Crippen LogP contribution in [-0.4, -0.2) is 64.9 Å². The number of rotatable bonds is 7. The standard InChI is InChI=1S/C41H53N7O4S/c1-26(2)18-29-13-10-12-27(3)35(29)36-28(4)37-45-39(44-36)46-53(50,51)33-15-11-14-30(19-33)38(49)48(31(24-52-37)20-40(5,6)7)23-34-42-21-32(22-43-34)47-17-16-41(8,9)25-47/h10-15,19,21-22,26,31H,16-18,20,23-25H2,1-9H3,(H,44,45,46)/t31-/m1/s1. The van der Waals surface area contributed by atoms with Crippen molar-refractivity contribution in [3.05, 3.63) is 82.9 Å². The van der Waals surface area contributed by atoms with Gasteiger partial charge in [-0.2, -0.15) is 4.98 Å². The van der Waals surface area contributed by atoms with Crippen LogP contribution in [0.5, 0.6) is 5.88 Å². The van der Waals surface area contributed by atoms with Gasteiger partial charge in [0, 0.05) is 29.8 Å². The molecule has 1 atom stereocenters. The van der Waals surface area contributed by atoms with Crippen molar-refractivity contribution in [2.75, 3.05) is 29.3 Å². The third-order valence-electron chi connectivity index (χ3n) is 9.95. The molecule has 282 valence electrons. The van der Waals surface area contributed by atoms with Gasteiger partial charge in [-0.25, -0.2) is 28.1 Å². The third-order valence-corrected chi connectivity index (χ3v) is 11.3. The summed E-state index contributed by atoms with van der Waals surface area (Å²) in [6, 6.07) is 11.8. The second-order valence-corrected chi connectivity index (χ2v) is 18.7. The van der Waals surface area contributed by atoms with E-state index in [1.807, 2.05) is 38.4 Å². The highest BCUT2D eigenvalue weighted by molar-refractivity contribution is 7.92. The van der Waals surface area contributed by atoms with E-state index in [9.17, 15) is 13.2 Å². The molecule has 4 heterocycles. The molecule has 1 amide bonds. The van der Waals surface area contributed by atoms with Crippen molar-refractivity contribution in [2.45, 2.75) is 99.1 Å². The van der Waals surface area contributed by atoms with Gasteiger partial charge in [0.25, 0.3) is 15.9 Å². The average molecular weight is 740 g/mol. The molecule has 53 heavy (non-hydrogen) atoms. The zero-order valence-electron chi connectivity index (χ0n) is 32.5. The summed E-state index contributed by atoms with van der Waals surface area (Å²) in [5.74, 6) is 0.664. The highest BCUT2D eigenvalue weighted by atomic mass is 32.2. The van der Waals surface area contributed by atoms with E-state index in [1.54, 1.807) is 17.0 Å². The van der Waals surface area contributed by atoms with Crippen LogP contribution in [0.3, 0.4) is 0 Å². The Morgan fingerprint density at radius 3 is 2.42 bits per heavy atom. The first kappa shape index (κ1) is 38.2. The molecule has 11 nitrogen and oxygen atoms in total. The minimum absolute atomic E-state index is 0.0753. The fourth-order valence-corrected chi connectivity index (χ4v) is 8.32. The van der Waals surface area contributed by atoms with Gasteiger partial charge in [-0.3, -0.25) is 4.79 Å². The van der Waals surface area contributed by atoms with E-state index in [0.717, 1.165) is 48.3 Å². The quantitative estimate of drug-likeness (QED) is 0.203. The number of benzene rings is 2. The molecular formula is C41H53N7O4S. The molecule has 1 fully saturated rings. The van der Waals surface area contributed by atoms with Crippen molar-refractivity contribution in [1.29, 1.82) is 0 Å². The number of anilines is 2. The van der Waals surface area contributed by atoms with Crippen LogP contribution in [0.15, 0.2) is 59.8 Å². The monoisotopic (exact) mass is 739 g/mol. The van der Waals surface area contributed by atoms with E-state index in [0.29, 0.717) is 29.4 Å². The first-order valence-corrected chi connectivity index (χ1v) is 20.0. The summed E-state index contributed by atoms with van der Waals surface area (Å²) >= 11 is 0. The summed E-state index contributed by atoms with van der Waals surface area (Å²) in [4.78, 5) is 37.4. The molecule has 12 heteroatoms. The number of aromatic nitrogens is 4. The lowest BCUT2D eigenvalue weighted by molar-refractivity contribution is 0.0504. The third kappa shape index (κ3) is 8.80. The minimum Gasteiger partial charge on any atom is -0.475 e. The van der Waals surface area contributed by atoms with Crippen molar-refractivity contribution in [3.8, 4) is 17.1 Å². The Bertz CT molecular complexity index is 2090. The van der Waals surface area contributed by atoms with E-state index < -0.39 is 16.1 Å². The average Bonchev–Trinajstić information content (AvgIpc) is 3.45. The van der Waals surface area contributed by atoms with Gasteiger partial charge >= 0.3 is 0 Å². The van der Waals surface area contributed by atoms with E-state index in [2.05, 4.69) is 69.1 Å². The lowest BCUT2D eigenvalue weighted by Gasteiger charge is -2.35. The minimum atomic E-state index is -4.20. The van der Waals surface area contributed by atoms with Crippen LogP contribution in [0.4, 0.5) is 11.6 Å². The Morgan fingerprint density at radius 2 is 1.75 bits per heavy atom. The number of nitrogens with one attached hydrogen (secondary N) is 1. The summed E-state index contributed by atoms with van der Waals surface area (Å²) in [6.45, 7) is 21.2. The molecule has 4 bridgehead atoms. The summed E-state index contributed by atoms with van der Waals surface area (Å²) in [7, 11) is -4.20. The van der Waals surface area contributed by atoms with E-state index in [-0.39, 0.29) is 52.2 Å². The predicted octanol–water partition coefficient (Wildman–Crippen LogP) is 7.63. The highest BCUT2D eigenvalue weighted by Gasteiger charge is 2.33. The Hall–Kier alpha value is -4.58.